The van der Waals surface area contributed by atoms with E-state index in [1.165, 1.54) is 0 Å². The van der Waals surface area contributed by atoms with Crippen LogP contribution >= 0.6 is 0 Å². The lowest BCUT2D eigenvalue weighted by atomic mass is 9.95. The molecule has 0 aromatic heterocycles. The van der Waals surface area contributed by atoms with E-state index in [0.29, 0.717) is 49.1 Å². The molecule has 2 amide bonds. The zero-order valence-electron chi connectivity index (χ0n) is 16.8. The second kappa shape index (κ2) is 9.28. The number of hydrogen-bond acceptors (Lipinski definition) is 5. The molecule has 2 fully saturated rings. The van der Waals surface area contributed by atoms with E-state index >= 15 is 0 Å². The number of hydrogen-bond donors (Lipinski definition) is 1. The number of rotatable bonds is 6. The number of benzene rings is 2. The highest BCUT2D eigenvalue weighted by atomic mass is 16.7. The average Bonchev–Trinajstić information content (AvgIpc) is 3.33. The van der Waals surface area contributed by atoms with Gasteiger partial charge < -0.3 is 24.8 Å². The highest BCUT2D eigenvalue weighted by molar-refractivity contribution is 5.95. The lowest BCUT2D eigenvalue weighted by Crippen LogP contribution is -2.41. The molecule has 0 unspecified atom stereocenters. The van der Waals surface area contributed by atoms with E-state index < -0.39 is 5.91 Å². The van der Waals surface area contributed by atoms with E-state index in [1.807, 2.05) is 29.2 Å². The summed E-state index contributed by atoms with van der Waals surface area (Å²) in [7, 11) is 0. The van der Waals surface area contributed by atoms with Gasteiger partial charge in [-0.1, -0.05) is 24.3 Å². The Bertz CT molecular complexity index is 902. The third kappa shape index (κ3) is 4.63. The van der Waals surface area contributed by atoms with E-state index in [1.54, 1.807) is 24.3 Å². The maximum absolute atomic E-state index is 13.0. The molecule has 2 aromatic rings. The lowest BCUT2D eigenvalue weighted by molar-refractivity contribution is -0.0956. The Labute approximate surface area is 175 Å². The number of nitrogens with two attached hydrogens (primary N) is 1. The molecule has 0 radical (unpaired) electrons. The molecule has 158 valence electrons. The predicted octanol–water partition coefficient (Wildman–Crippen LogP) is 2.59. The summed E-state index contributed by atoms with van der Waals surface area (Å²) in [5, 5.41) is 0. The Morgan fingerprint density at radius 1 is 1.03 bits per heavy atom. The summed E-state index contributed by atoms with van der Waals surface area (Å²) in [6.07, 6.45) is 1.64. The van der Waals surface area contributed by atoms with Gasteiger partial charge in [-0.25, -0.2) is 0 Å². The van der Waals surface area contributed by atoms with Crippen molar-refractivity contribution in [2.75, 3.05) is 26.3 Å². The Kier molecular flexibility index (Phi) is 6.30. The summed E-state index contributed by atoms with van der Waals surface area (Å²) in [6.45, 7) is 2.94. The summed E-state index contributed by atoms with van der Waals surface area (Å²) >= 11 is 0. The van der Waals surface area contributed by atoms with Crippen molar-refractivity contribution in [3.8, 4) is 5.75 Å². The molecular formula is C23H26N2O5. The minimum Gasteiger partial charge on any atom is -0.488 e. The molecule has 2 aromatic carbocycles. The molecule has 7 nitrogen and oxygen atoms in total. The van der Waals surface area contributed by atoms with Crippen molar-refractivity contribution in [1.29, 1.82) is 0 Å². The first-order chi connectivity index (χ1) is 14.6. The van der Waals surface area contributed by atoms with E-state index in [4.69, 9.17) is 19.9 Å². The van der Waals surface area contributed by atoms with Gasteiger partial charge in [0, 0.05) is 24.6 Å². The van der Waals surface area contributed by atoms with Crippen LogP contribution in [0.2, 0.25) is 0 Å². The Hall–Kier alpha value is -2.90. The van der Waals surface area contributed by atoms with Crippen LogP contribution in [0.3, 0.4) is 0 Å². The van der Waals surface area contributed by atoms with Crippen LogP contribution in [0.25, 0.3) is 0 Å². The molecule has 0 saturated carbocycles. The van der Waals surface area contributed by atoms with Crippen LogP contribution in [-0.2, 0) is 16.1 Å². The fraction of sp³-hybridized carbons (Fsp3) is 0.391. The van der Waals surface area contributed by atoms with Crippen molar-refractivity contribution in [2.45, 2.75) is 25.7 Å². The second-order valence-electron chi connectivity index (χ2n) is 7.59. The SMILES string of the molecule is NC(=O)c1ccccc1OCc1cccc(C(=O)N2CCC(C3OCCO3)CC2)c1. The third-order valence-electron chi connectivity index (χ3n) is 5.58. The predicted molar refractivity (Wildman–Crippen MR) is 110 cm³/mol. The number of para-hydroxylation sites is 1. The van der Waals surface area contributed by atoms with Gasteiger partial charge >= 0.3 is 0 Å². The fourth-order valence-corrected chi connectivity index (χ4v) is 3.96. The molecule has 4 rings (SSSR count). The van der Waals surface area contributed by atoms with Crippen molar-refractivity contribution in [3.05, 3.63) is 65.2 Å². The van der Waals surface area contributed by atoms with Crippen molar-refractivity contribution in [3.63, 3.8) is 0 Å². The van der Waals surface area contributed by atoms with Gasteiger partial charge in [0.2, 0.25) is 0 Å². The van der Waals surface area contributed by atoms with E-state index in [0.717, 1.165) is 18.4 Å². The molecule has 0 aliphatic carbocycles. The Morgan fingerprint density at radius 2 is 1.77 bits per heavy atom. The fourth-order valence-electron chi connectivity index (χ4n) is 3.96. The molecule has 2 heterocycles. The standard InChI is InChI=1S/C23H26N2O5/c24-21(26)19-6-1-2-7-20(19)30-15-16-4-3-5-18(14-16)22(27)25-10-8-17(9-11-25)23-28-12-13-29-23/h1-7,14,17,23H,8-13,15H2,(H2,24,26). The quantitative estimate of drug-likeness (QED) is 0.790. The Morgan fingerprint density at radius 3 is 2.50 bits per heavy atom. The van der Waals surface area contributed by atoms with Gasteiger partial charge in [0.1, 0.15) is 12.4 Å². The molecule has 2 aliphatic rings. The Balaban J connectivity index is 1.36. The third-order valence-corrected chi connectivity index (χ3v) is 5.58. The summed E-state index contributed by atoms with van der Waals surface area (Å²) < 4.78 is 17.0. The van der Waals surface area contributed by atoms with E-state index in [9.17, 15) is 9.59 Å². The molecule has 30 heavy (non-hydrogen) atoms. The first-order valence-corrected chi connectivity index (χ1v) is 10.2. The molecule has 2 saturated heterocycles. The van der Waals surface area contributed by atoms with Crippen LogP contribution in [0, 0.1) is 5.92 Å². The van der Waals surface area contributed by atoms with Gasteiger partial charge in [-0.05, 0) is 42.7 Å². The second-order valence-corrected chi connectivity index (χ2v) is 7.59. The summed E-state index contributed by atoms with van der Waals surface area (Å²) in [6, 6.07) is 14.2. The van der Waals surface area contributed by atoms with Crippen molar-refractivity contribution >= 4 is 11.8 Å². The molecule has 0 bridgehead atoms. The van der Waals surface area contributed by atoms with Crippen molar-refractivity contribution in [2.24, 2.45) is 11.7 Å². The molecule has 2 aliphatic heterocycles. The molecule has 0 spiro atoms. The van der Waals surface area contributed by atoms with Crippen LogP contribution < -0.4 is 10.5 Å². The molecule has 2 N–H and O–H groups in total. The summed E-state index contributed by atoms with van der Waals surface area (Å²) in [5.74, 6) is 0.259. The number of piperidine rings is 1. The monoisotopic (exact) mass is 410 g/mol. The molecule has 7 heteroatoms. The molecule has 0 atom stereocenters. The number of amides is 2. The molecular weight excluding hydrogens is 384 g/mol. The summed E-state index contributed by atoms with van der Waals surface area (Å²) in [4.78, 5) is 26.4. The van der Waals surface area contributed by atoms with E-state index in [2.05, 4.69) is 0 Å². The number of nitrogens with zero attached hydrogens (tertiary/aromatic N) is 1. The lowest BCUT2D eigenvalue weighted by Gasteiger charge is -2.34. The van der Waals surface area contributed by atoms with Crippen LogP contribution in [-0.4, -0.2) is 49.3 Å². The first-order valence-electron chi connectivity index (χ1n) is 10.2. The number of carbonyl (C=O) groups excluding carboxylic acids is 2. The van der Waals surface area contributed by atoms with Gasteiger partial charge in [0.15, 0.2) is 6.29 Å². The van der Waals surface area contributed by atoms with Gasteiger partial charge in [-0.3, -0.25) is 9.59 Å². The van der Waals surface area contributed by atoms with Crippen molar-refractivity contribution in [1.82, 2.24) is 4.90 Å². The summed E-state index contributed by atoms with van der Waals surface area (Å²) in [5.41, 5.74) is 7.21. The maximum Gasteiger partial charge on any atom is 0.253 e. The zero-order chi connectivity index (χ0) is 20.9. The smallest absolute Gasteiger partial charge is 0.253 e. The van der Waals surface area contributed by atoms with E-state index in [-0.39, 0.29) is 18.8 Å². The number of primary amides is 1. The minimum absolute atomic E-state index is 0.0149. The zero-order valence-corrected chi connectivity index (χ0v) is 16.8. The van der Waals surface area contributed by atoms with Crippen LogP contribution in [0.1, 0.15) is 39.1 Å². The topological polar surface area (TPSA) is 91.1 Å². The van der Waals surface area contributed by atoms with Crippen LogP contribution in [0.15, 0.2) is 48.5 Å². The highest BCUT2D eigenvalue weighted by Crippen LogP contribution is 2.27. The number of carbonyl (C=O) groups is 2. The number of likely N-dealkylation sites (tertiary alicyclic amines) is 1. The van der Waals surface area contributed by atoms with Crippen LogP contribution in [0.5, 0.6) is 5.75 Å². The van der Waals surface area contributed by atoms with Gasteiger partial charge in [-0.15, -0.1) is 0 Å². The maximum atomic E-state index is 13.0. The number of ether oxygens (including phenoxy) is 3. The van der Waals surface area contributed by atoms with Crippen molar-refractivity contribution < 1.29 is 23.8 Å². The first kappa shape index (κ1) is 20.4. The van der Waals surface area contributed by atoms with Gasteiger partial charge in [0.05, 0.1) is 18.8 Å². The largest absolute Gasteiger partial charge is 0.488 e. The van der Waals surface area contributed by atoms with Crippen LogP contribution in [0.4, 0.5) is 0 Å². The van der Waals surface area contributed by atoms with Gasteiger partial charge in [0.25, 0.3) is 11.8 Å². The van der Waals surface area contributed by atoms with Gasteiger partial charge in [-0.2, -0.15) is 0 Å². The highest BCUT2D eigenvalue weighted by Gasteiger charge is 2.32. The average molecular weight is 410 g/mol. The minimum atomic E-state index is -0.536. The normalized spacial score (nSPS) is 17.8.